The highest BCUT2D eigenvalue weighted by atomic mass is 127. The Morgan fingerprint density at radius 3 is 2.58 bits per heavy atom. The number of anilines is 1. The van der Waals surface area contributed by atoms with Crippen LogP contribution >= 0.6 is 22.6 Å². The molecule has 0 aliphatic rings. The number of rotatable bonds is 2. The fraction of sp³-hybridized carbons (Fsp3) is 0.0714. The lowest BCUT2D eigenvalue weighted by Crippen LogP contribution is -2.00. The molecule has 0 fully saturated rings. The lowest BCUT2D eigenvalue weighted by molar-refractivity contribution is 0.419. The average Bonchev–Trinajstić information content (AvgIpc) is 2.76. The van der Waals surface area contributed by atoms with E-state index in [1.165, 1.54) is 3.57 Å². The van der Waals surface area contributed by atoms with Gasteiger partial charge in [-0.2, -0.15) is 0 Å². The van der Waals surface area contributed by atoms with Crippen molar-refractivity contribution in [2.45, 2.75) is 0 Å². The Morgan fingerprint density at radius 2 is 1.89 bits per heavy atom. The van der Waals surface area contributed by atoms with Gasteiger partial charge in [-0.1, -0.05) is 6.07 Å². The molecule has 0 radical (unpaired) electrons. The van der Waals surface area contributed by atoms with Crippen LogP contribution in [0.3, 0.4) is 0 Å². The molecule has 0 amide bonds. The molecule has 1 aromatic heterocycles. The van der Waals surface area contributed by atoms with Crippen molar-refractivity contribution >= 4 is 39.6 Å². The largest absolute Gasteiger partial charge is 0.494 e. The van der Waals surface area contributed by atoms with Gasteiger partial charge in [-0.25, -0.2) is 4.98 Å². The van der Waals surface area contributed by atoms with E-state index in [1.54, 1.807) is 7.11 Å². The highest BCUT2D eigenvalue weighted by Gasteiger charge is 2.13. The molecule has 3 aromatic rings. The van der Waals surface area contributed by atoms with Crippen LogP contribution in [0, 0.1) is 3.57 Å². The standard InChI is InChI=1S/C14H12IN3O/c1-19-12-4-2-3-11-13(12)17-14(16)18(11)10-7-5-9(15)6-8-10/h2-8H,1H3,(H2,16,17). The van der Waals surface area contributed by atoms with E-state index in [4.69, 9.17) is 10.5 Å². The van der Waals surface area contributed by atoms with E-state index in [-0.39, 0.29) is 0 Å². The molecular formula is C14H12IN3O. The summed E-state index contributed by atoms with van der Waals surface area (Å²) in [6, 6.07) is 13.9. The first-order valence-corrected chi connectivity index (χ1v) is 6.85. The molecule has 0 unspecified atom stereocenters. The smallest absolute Gasteiger partial charge is 0.206 e. The van der Waals surface area contributed by atoms with Crippen LogP contribution in [0.25, 0.3) is 16.7 Å². The zero-order chi connectivity index (χ0) is 13.4. The predicted molar refractivity (Wildman–Crippen MR) is 84.8 cm³/mol. The first kappa shape index (κ1) is 12.3. The Balaban J connectivity index is 2.29. The third-order valence-electron chi connectivity index (χ3n) is 2.98. The van der Waals surface area contributed by atoms with E-state index < -0.39 is 0 Å². The summed E-state index contributed by atoms with van der Waals surface area (Å²) in [6.07, 6.45) is 0. The summed E-state index contributed by atoms with van der Waals surface area (Å²) >= 11 is 2.28. The van der Waals surface area contributed by atoms with Gasteiger partial charge in [-0.15, -0.1) is 0 Å². The van der Waals surface area contributed by atoms with Crippen molar-refractivity contribution in [2.24, 2.45) is 0 Å². The van der Waals surface area contributed by atoms with Gasteiger partial charge >= 0.3 is 0 Å². The van der Waals surface area contributed by atoms with Gasteiger partial charge in [-0.05, 0) is 59.0 Å². The van der Waals surface area contributed by atoms with Crippen molar-refractivity contribution in [1.29, 1.82) is 0 Å². The summed E-state index contributed by atoms with van der Waals surface area (Å²) in [5, 5.41) is 0. The van der Waals surface area contributed by atoms with Crippen LogP contribution < -0.4 is 10.5 Å². The fourth-order valence-electron chi connectivity index (χ4n) is 2.12. The molecule has 0 aliphatic heterocycles. The zero-order valence-corrected chi connectivity index (χ0v) is 12.5. The summed E-state index contributed by atoms with van der Waals surface area (Å²) in [4.78, 5) is 4.40. The molecule has 4 nitrogen and oxygen atoms in total. The SMILES string of the molecule is COc1cccc2c1nc(N)n2-c1ccc(I)cc1. The fourth-order valence-corrected chi connectivity index (χ4v) is 2.48. The molecule has 0 bridgehead atoms. The van der Waals surface area contributed by atoms with Crippen LogP contribution in [0.4, 0.5) is 5.95 Å². The van der Waals surface area contributed by atoms with E-state index in [9.17, 15) is 0 Å². The molecule has 0 saturated carbocycles. The van der Waals surface area contributed by atoms with Crippen molar-refractivity contribution in [1.82, 2.24) is 9.55 Å². The Labute approximate surface area is 124 Å². The third-order valence-corrected chi connectivity index (χ3v) is 3.70. The van der Waals surface area contributed by atoms with Crippen LogP contribution in [0.1, 0.15) is 0 Å². The molecule has 0 saturated heterocycles. The van der Waals surface area contributed by atoms with E-state index >= 15 is 0 Å². The van der Waals surface area contributed by atoms with Crippen molar-refractivity contribution in [3.8, 4) is 11.4 Å². The topological polar surface area (TPSA) is 53.1 Å². The van der Waals surface area contributed by atoms with Crippen LogP contribution in [-0.2, 0) is 0 Å². The summed E-state index contributed by atoms with van der Waals surface area (Å²) in [6.45, 7) is 0. The highest BCUT2D eigenvalue weighted by Crippen LogP contribution is 2.29. The Kier molecular flexibility index (Phi) is 3.06. The zero-order valence-electron chi connectivity index (χ0n) is 10.3. The minimum Gasteiger partial charge on any atom is -0.494 e. The number of hydrogen-bond donors (Lipinski definition) is 1. The number of ether oxygens (including phenoxy) is 1. The van der Waals surface area contributed by atoms with Gasteiger partial charge in [0.1, 0.15) is 11.3 Å². The van der Waals surface area contributed by atoms with Gasteiger partial charge in [0.15, 0.2) is 0 Å². The van der Waals surface area contributed by atoms with E-state index in [0.29, 0.717) is 5.95 Å². The molecular weight excluding hydrogens is 353 g/mol. The first-order chi connectivity index (χ1) is 9.20. The molecule has 3 rings (SSSR count). The summed E-state index contributed by atoms with van der Waals surface area (Å²) in [7, 11) is 1.63. The number of para-hydroxylation sites is 1. The van der Waals surface area contributed by atoms with Crippen molar-refractivity contribution < 1.29 is 4.74 Å². The second-order valence-electron chi connectivity index (χ2n) is 4.11. The summed E-state index contributed by atoms with van der Waals surface area (Å²) < 4.78 is 8.43. The number of aromatic nitrogens is 2. The molecule has 5 heteroatoms. The molecule has 1 heterocycles. The Hall–Kier alpha value is -1.76. The number of methoxy groups -OCH3 is 1. The third kappa shape index (κ3) is 2.03. The maximum Gasteiger partial charge on any atom is 0.206 e. The lowest BCUT2D eigenvalue weighted by atomic mass is 10.2. The molecule has 0 aliphatic carbocycles. The van der Waals surface area contributed by atoms with Crippen LogP contribution in [-0.4, -0.2) is 16.7 Å². The van der Waals surface area contributed by atoms with Gasteiger partial charge in [0.05, 0.1) is 12.6 Å². The summed E-state index contributed by atoms with van der Waals surface area (Å²) in [5.41, 5.74) is 8.76. The van der Waals surface area contributed by atoms with E-state index in [2.05, 4.69) is 27.6 Å². The number of nitrogens with zero attached hydrogens (tertiary/aromatic N) is 2. The quantitative estimate of drug-likeness (QED) is 0.710. The van der Waals surface area contributed by atoms with Crippen LogP contribution in [0.15, 0.2) is 42.5 Å². The molecule has 0 atom stereocenters. The number of benzene rings is 2. The van der Waals surface area contributed by atoms with E-state index in [1.807, 2.05) is 47.0 Å². The van der Waals surface area contributed by atoms with Gasteiger partial charge in [0, 0.05) is 9.26 Å². The van der Waals surface area contributed by atoms with Crippen molar-refractivity contribution in [2.75, 3.05) is 12.8 Å². The number of nitrogen functional groups attached to an aromatic ring is 1. The van der Waals surface area contributed by atoms with Gasteiger partial charge in [-0.3, -0.25) is 4.57 Å². The number of imidazole rings is 1. The average molecular weight is 365 g/mol. The predicted octanol–water partition coefficient (Wildman–Crippen LogP) is 3.22. The number of fused-ring (bicyclic) bond motifs is 1. The summed E-state index contributed by atoms with van der Waals surface area (Å²) in [5.74, 6) is 1.19. The first-order valence-electron chi connectivity index (χ1n) is 5.77. The molecule has 0 spiro atoms. The van der Waals surface area contributed by atoms with Crippen LogP contribution in [0.5, 0.6) is 5.75 Å². The van der Waals surface area contributed by atoms with Gasteiger partial charge in [0.25, 0.3) is 0 Å². The molecule has 2 N–H and O–H groups in total. The Bertz CT molecular complexity index is 734. The molecule has 2 aromatic carbocycles. The monoisotopic (exact) mass is 365 g/mol. The minimum atomic E-state index is 0.459. The van der Waals surface area contributed by atoms with Crippen molar-refractivity contribution in [3.63, 3.8) is 0 Å². The maximum atomic E-state index is 6.04. The normalized spacial score (nSPS) is 10.8. The number of hydrogen-bond acceptors (Lipinski definition) is 3. The maximum absolute atomic E-state index is 6.04. The second-order valence-corrected chi connectivity index (χ2v) is 5.36. The van der Waals surface area contributed by atoms with Gasteiger partial charge in [0.2, 0.25) is 5.95 Å². The number of halogens is 1. The van der Waals surface area contributed by atoms with Crippen molar-refractivity contribution in [3.05, 3.63) is 46.0 Å². The van der Waals surface area contributed by atoms with E-state index in [0.717, 1.165) is 22.5 Å². The lowest BCUT2D eigenvalue weighted by Gasteiger charge is -2.07. The minimum absolute atomic E-state index is 0.459. The molecule has 19 heavy (non-hydrogen) atoms. The second kappa shape index (κ2) is 4.73. The highest BCUT2D eigenvalue weighted by molar-refractivity contribution is 14.1. The Morgan fingerprint density at radius 1 is 1.16 bits per heavy atom. The molecule has 96 valence electrons. The number of nitrogens with two attached hydrogens (primary N) is 1. The van der Waals surface area contributed by atoms with Crippen LogP contribution in [0.2, 0.25) is 0 Å². The van der Waals surface area contributed by atoms with Gasteiger partial charge < -0.3 is 10.5 Å².